The lowest BCUT2D eigenvalue weighted by Gasteiger charge is -2.26. The van der Waals surface area contributed by atoms with E-state index in [0.717, 1.165) is 24.8 Å². The number of ether oxygens (including phenoxy) is 1. The zero-order valence-corrected chi connectivity index (χ0v) is 13.3. The van der Waals surface area contributed by atoms with Crippen LogP contribution in [0.3, 0.4) is 0 Å². The van der Waals surface area contributed by atoms with Crippen LogP contribution in [0.4, 0.5) is 5.69 Å². The maximum absolute atomic E-state index is 12.2. The Hall–Kier alpha value is -1.22. The Kier molecular flexibility index (Phi) is 6.34. The fourth-order valence-electron chi connectivity index (χ4n) is 1.98. The first kappa shape index (κ1) is 16.8. The smallest absolute Gasteiger partial charge is 0.312 e. The molecule has 112 valence electrons. The molecule has 0 saturated carbocycles. The fourth-order valence-corrected chi connectivity index (χ4v) is 2.10. The van der Waals surface area contributed by atoms with Crippen LogP contribution < -0.4 is 5.73 Å². The Morgan fingerprint density at radius 2 is 2.10 bits per heavy atom. The third-order valence-corrected chi connectivity index (χ3v) is 4.00. The summed E-state index contributed by atoms with van der Waals surface area (Å²) in [6, 6.07) is 5.51. The highest BCUT2D eigenvalue weighted by atomic mass is 35.5. The van der Waals surface area contributed by atoms with Gasteiger partial charge in [-0.1, -0.05) is 37.9 Å². The monoisotopic (exact) mass is 297 g/mol. The SMILES string of the molecule is CCCCOC(=O)C(C)(CC)Cc1ccc(Cl)c(N)c1. The van der Waals surface area contributed by atoms with Crippen LogP contribution in [-0.4, -0.2) is 12.6 Å². The summed E-state index contributed by atoms with van der Waals surface area (Å²) in [6.45, 7) is 6.50. The van der Waals surface area contributed by atoms with Crippen molar-refractivity contribution in [2.75, 3.05) is 12.3 Å². The van der Waals surface area contributed by atoms with Gasteiger partial charge in [0.2, 0.25) is 0 Å². The number of nitrogens with two attached hydrogens (primary N) is 1. The lowest BCUT2D eigenvalue weighted by Crippen LogP contribution is -2.32. The number of esters is 1. The zero-order valence-electron chi connectivity index (χ0n) is 12.5. The third kappa shape index (κ3) is 4.41. The molecule has 0 fully saturated rings. The van der Waals surface area contributed by atoms with E-state index in [1.54, 1.807) is 6.07 Å². The molecule has 3 nitrogen and oxygen atoms in total. The number of carbonyl (C=O) groups is 1. The van der Waals surface area contributed by atoms with Crippen LogP contribution in [0.1, 0.15) is 45.6 Å². The molecule has 0 aliphatic heterocycles. The summed E-state index contributed by atoms with van der Waals surface area (Å²) in [7, 11) is 0. The lowest BCUT2D eigenvalue weighted by molar-refractivity contribution is -0.155. The minimum atomic E-state index is -0.520. The van der Waals surface area contributed by atoms with Crippen molar-refractivity contribution in [1.82, 2.24) is 0 Å². The lowest BCUT2D eigenvalue weighted by atomic mass is 9.81. The molecule has 0 radical (unpaired) electrons. The molecule has 0 bridgehead atoms. The number of anilines is 1. The van der Waals surface area contributed by atoms with Crippen molar-refractivity contribution in [3.05, 3.63) is 28.8 Å². The summed E-state index contributed by atoms with van der Waals surface area (Å²) in [4.78, 5) is 12.2. The molecule has 1 rings (SSSR count). The molecule has 0 aliphatic carbocycles. The molecule has 1 aromatic carbocycles. The molecular formula is C16H24ClNO2. The van der Waals surface area contributed by atoms with E-state index in [-0.39, 0.29) is 5.97 Å². The Morgan fingerprint density at radius 1 is 1.40 bits per heavy atom. The summed E-state index contributed by atoms with van der Waals surface area (Å²) in [6.07, 6.45) is 3.25. The van der Waals surface area contributed by atoms with E-state index < -0.39 is 5.41 Å². The maximum atomic E-state index is 12.2. The topological polar surface area (TPSA) is 52.3 Å². The summed E-state index contributed by atoms with van der Waals surface area (Å²) >= 11 is 5.92. The molecule has 20 heavy (non-hydrogen) atoms. The van der Waals surface area contributed by atoms with Crippen molar-refractivity contribution in [3.63, 3.8) is 0 Å². The number of carbonyl (C=O) groups excluding carboxylic acids is 1. The van der Waals surface area contributed by atoms with E-state index in [9.17, 15) is 4.79 Å². The van der Waals surface area contributed by atoms with Crippen LogP contribution in [-0.2, 0) is 16.0 Å². The molecular weight excluding hydrogens is 274 g/mol. The predicted molar refractivity (Wildman–Crippen MR) is 83.8 cm³/mol. The van der Waals surface area contributed by atoms with E-state index >= 15 is 0 Å². The molecule has 1 unspecified atom stereocenters. The zero-order chi connectivity index (χ0) is 15.2. The number of halogens is 1. The summed E-state index contributed by atoms with van der Waals surface area (Å²) < 4.78 is 5.37. The minimum absolute atomic E-state index is 0.137. The van der Waals surface area contributed by atoms with Crippen LogP contribution in [0.15, 0.2) is 18.2 Å². The van der Waals surface area contributed by atoms with Crippen molar-refractivity contribution in [1.29, 1.82) is 0 Å². The van der Waals surface area contributed by atoms with E-state index in [1.165, 1.54) is 0 Å². The largest absolute Gasteiger partial charge is 0.465 e. The quantitative estimate of drug-likeness (QED) is 0.465. The van der Waals surface area contributed by atoms with Crippen molar-refractivity contribution < 1.29 is 9.53 Å². The van der Waals surface area contributed by atoms with Crippen molar-refractivity contribution in [2.24, 2.45) is 5.41 Å². The van der Waals surface area contributed by atoms with Gasteiger partial charge in [0.1, 0.15) is 0 Å². The van der Waals surface area contributed by atoms with Gasteiger partial charge in [-0.05, 0) is 43.9 Å². The van der Waals surface area contributed by atoms with Gasteiger partial charge < -0.3 is 10.5 Å². The molecule has 1 atom stereocenters. The number of rotatable bonds is 7. The molecule has 0 aromatic heterocycles. The molecule has 0 heterocycles. The number of hydrogen-bond donors (Lipinski definition) is 1. The first-order valence-corrected chi connectivity index (χ1v) is 7.52. The average molecular weight is 298 g/mol. The average Bonchev–Trinajstić information content (AvgIpc) is 2.43. The Balaban J connectivity index is 2.77. The number of benzene rings is 1. The summed E-state index contributed by atoms with van der Waals surface area (Å²) in [5.41, 5.74) is 6.83. The van der Waals surface area contributed by atoms with Crippen molar-refractivity contribution in [2.45, 2.75) is 46.5 Å². The Bertz CT molecular complexity index is 462. The highest BCUT2D eigenvalue weighted by Crippen LogP contribution is 2.30. The minimum Gasteiger partial charge on any atom is -0.465 e. The van der Waals surface area contributed by atoms with E-state index in [4.69, 9.17) is 22.1 Å². The van der Waals surface area contributed by atoms with Crippen LogP contribution >= 0.6 is 11.6 Å². The van der Waals surface area contributed by atoms with Gasteiger partial charge in [0.15, 0.2) is 0 Å². The predicted octanol–water partition coefficient (Wildman–Crippen LogP) is 4.22. The molecule has 0 aliphatic rings. The number of hydrogen-bond acceptors (Lipinski definition) is 3. The third-order valence-electron chi connectivity index (χ3n) is 3.66. The van der Waals surface area contributed by atoms with Gasteiger partial charge >= 0.3 is 5.97 Å². The van der Waals surface area contributed by atoms with Gasteiger partial charge in [0.05, 0.1) is 22.7 Å². The van der Waals surface area contributed by atoms with E-state index in [0.29, 0.717) is 23.7 Å². The molecule has 4 heteroatoms. The summed E-state index contributed by atoms with van der Waals surface area (Å²) in [5.74, 6) is -0.137. The van der Waals surface area contributed by atoms with Crippen LogP contribution in [0.2, 0.25) is 5.02 Å². The second-order valence-electron chi connectivity index (χ2n) is 5.44. The number of nitrogen functional groups attached to an aromatic ring is 1. The van der Waals surface area contributed by atoms with E-state index in [1.807, 2.05) is 26.0 Å². The normalized spacial score (nSPS) is 13.8. The Labute approximate surface area is 126 Å². The van der Waals surface area contributed by atoms with Crippen molar-refractivity contribution >= 4 is 23.3 Å². The summed E-state index contributed by atoms with van der Waals surface area (Å²) in [5, 5.41) is 0.539. The van der Waals surface area contributed by atoms with Gasteiger partial charge in [0, 0.05) is 0 Å². The number of unbranched alkanes of at least 4 members (excludes halogenated alkanes) is 1. The highest BCUT2D eigenvalue weighted by Gasteiger charge is 2.33. The molecule has 2 N–H and O–H groups in total. The molecule has 0 amide bonds. The van der Waals surface area contributed by atoms with Gasteiger partial charge in [-0.25, -0.2) is 0 Å². The second kappa shape index (κ2) is 7.53. The van der Waals surface area contributed by atoms with E-state index in [2.05, 4.69) is 6.92 Å². The highest BCUT2D eigenvalue weighted by molar-refractivity contribution is 6.33. The first-order chi connectivity index (χ1) is 9.42. The van der Waals surface area contributed by atoms with Crippen LogP contribution in [0.25, 0.3) is 0 Å². The first-order valence-electron chi connectivity index (χ1n) is 7.14. The van der Waals surface area contributed by atoms with Gasteiger partial charge in [0.25, 0.3) is 0 Å². The van der Waals surface area contributed by atoms with Gasteiger partial charge in [-0.2, -0.15) is 0 Å². The molecule has 1 aromatic rings. The Morgan fingerprint density at radius 3 is 2.65 bits per heavy atom. The van der Waals surface area contributed by atoms with Crippen LogP contribution in [0, 0.1) is 5.41 Å². The second-order valence-corrected chi connectivity index (χ2v) is 5.84. The molecule has 0 saturated heterocycles. The fraction of sp³-hybridized carbons (Fsp3) is 0.562. The standard InChI is InChI=1S/C16H24ClNO2/c1-4-6-9-20-15(19)16(3,5-2)11-12-7-8-13(17)14(18)10-12/h7-8,10H,4-6,9,11,18H2,1-3H3. The molecule has 0 spiro atoms. The van der Waals surface area contributed by atoms with Crippen molar-refractivity contribution in [3.8, 4) is 0 Å². The van der Waals surface area contributed by atoms with Gasteiger partial charge in [-0.3, -0.25) is 4.79 Å². The van der Waals surface area contributed by atoms with Crippen LogP contribution in [0.5, 0.6) is 0 Å². The maximum Gasteiger partial charge on any atom is 0.312 e. The van der Waals surface area contributed by atoms with Gasteiger partial charge in [-0.15, -0.1) is 0 Å².